The third-order valence-corrected chi connectivity index (χ3v) is 5.12. The minimum absolute atomic E-state index is 0.517. The maximum atomic E-state index is 5.67. The Bertz CT molecular complexity index is 440. The molecule has 112 valence electrons. The Labute approximate surface area is 130 Å². The van der Waals surface area contributed by atoms with Gasteiger partial charge in [0.05, 0.1) is 0 Å². The van der Waals surface area contributed by atoms with Crippen LogP contribution in [0.25, 0.3) is 0 Å². The molecule has 1 aliphatic rings. The van der Waals surface area contributed by atoms with E-state index in [0.717, 1.165) is 23.8 Å². The van der Waals surface area contributed by atoms with Crippen molar-refractivity contribution in [2.75, 3.05) is 31.0 Å². The van der Waals surface area contributed by atoms with Crippen molar-refractivity contribution in [3.05, 3.63) is 17.7 Å². The van der Waals surface area contributed by atoms with Crippen molar-refractivity contribution in [3.8, 4) is 11.5 Å². The zero-order valence-electron chi connectivity index (χ0n) is 12.4. The number of thioether (sulfide) groups is 2. The Kier molecular flexibility index (Phi) is 6.39. The van der Waals surface area contributed by atoms with Gasteiger partial charge in [0, 0.05) is 23.2 Å². The van der Waals surface area contributed by atoms with Gasteiger partial charge in [-0.15, -0.1) is 11.8 Å². The molecule has 1 heterocycles. The highest BCUT2D eigenvalue weighted by Crippen LogP contribution is 2.36. The molecule has 1 aliphatic heterocycles. The highest BCUT2D eigenvalue weighted by atomic mass is 32.2. The predicted octanol–water partition coefficient (Wildman–Crippen LogP) is 3.41. The van der Waals surface area contributed by atoms with Gasteiger partial charge in [0.25, 0.3) is 0 Å². The van der Waals surface area contributed by atoms with E-state index in [1.54, 1.807) is 11.8 Å². The van der Waals surface area contributed by atoms with E-state index in [-0.39, 0.29) is 0 Å². The zero-order valence-corrected chi connectivity index (χ0v) is 14.0. The normalized spacial score (nSPS) is 15.2. The second kappa shape index (κ2) is 8.05. The van der Waals surface area contributed by atoms with Gasteiger partial charge in [-0.2, -0.15) is 11.8 Å². The van der Waals surface area contributed by atoms with E-state index in [0.29, 0.717) is 19.3 Å². The van der Waals surface area contributed by atoms with Crippen LogP contribution in [0.15, 0.2) is 17.0 Å². The van der Waals surface area contributed by atoms with Crippen LogP contribution in [0.4, 0.5) is 0 Å². The summed E-state index contributed by atoms with van der Waals surface area (Å²) in [6, 6.07) is 4.73. The summed E-state index contributed by atoms with van der Waals surface area (Å²) < 4.78 is 11.3. The molecule has 3 nitrogen and oxygen atoms in total. The second-order valence-electron chi connectivity index (χ2n) is 4.75. The third kappa shape index (κ3) is 4.24. The molecule has 0 saturated carbocycles. The Morgan fingerprint density at radius 2 is 1.95 bits per heavy atom. The largest absolute Gasteiger partial charge is 0.486 e. The highest BCUT2D eigenvalue weighted by molar-refractivity contribution is 7.99. The summed E-state index contributed by atoms with van der Waals surface area (Å²) in [5.74, 6) is 4.07. The van der Waals surface area contributed by atoms with Crippen molar-refractivity contribution < 1.29 is 9.47 Å². The molecule has 0 bridgehead atoms. The van der Waals surface area contributed by atoms with Gasteiger partial charge in [0.2, 0.25) is 0 Å². The monoisotopic (exact) mass is 313 g/mol. The molecule has 0 fully saturated rings. The van der Waals surface area contributed by atoms with Gasteiger partial charge < -0.3 is 14.8 Å². The van der Waals surface area contributed by atoms with Gasteiger partial charge in [-0.25, -0.2) is 0 Å². The predicted molar refractivity (Wildman–Crippen MR) is 88.5 cm³/mol. The number of ether oxygens (including phenoxy) is 2. The summed E-state index contributed by atoms with van der Waals surface area (Å²) in [6.07, 6.45) is 2.10. The molecule has 2 rings (SSSR count). The lowest BCUT2D eigenvalue weighted by atomic mass is 10.2. The molecule has 0 aliphatic carbocycles. The molecule has 1 N–H and O–H groups in total. The number of rotatable bonds is 7. The molecule has 1 unspecified atom stereocenters. The van der Waals surface area contributed by atoms with E-state index in [4.69, 9.17) is 9.47 Å². The van der Waals surface area contributed by atoms with E-state index in [2.05, 4.69) is 37.6 Å². The van der Waals surface area contributed by atoms with Crippen LogP contribution in [0.3, 0.4) is 0 Å². The summed E-state index contributed by atoms with van der Waals surface area (Å²) in [7, 11) is 0. The molecule has 1 aromatic rings. The molecular weight excluding hydrogens is 290 g/mol. The first kappa shape index (κ1) is 15.9. The van der Waals surface area contributed by atoms with Crippen molar-refractivity contribution in [1.29, 1.82) is 0 Å². The summed E-state index contributed by atoms with van der Waals surface area (Å²) >= 11 is 3.73. The molecule has 0 spiro atoms. The molecule has 0 radical (unpaired) electrons. The maximum Gasteiger partial charge on any atom is 0.162 e. The second-order valence-corrected chi connectivity index (χ2v) is 6.92. The zero-order chi connectivity index (χ0) is 14.4. The quantitative estimate of drug-likeness (QED) is 0.780. The Morgan fingerprint density at radius 3 is 2.60 bits per heavy atom. The molecule has 1 atom stereocenters. The molecule has 0 aromatic heterocycles. The fraction of sp³-hybridized carbons (Fsp3) is 0.600. The topological polar surface area (TPSA) is 30.5 Å². The van der Waals surface area contributed by atoms with Gasteiger partial charge >= 0.3 is 0 Å². The number of hydrogen-bond acceptors (Lipinski definition) is 5. The van der Waals surface area contributed by atoms with Crippen molar-refractivity contribution in [1.82, 2.24) is 5.32 Å². The van der Waals surface area contributed by atoms with E-state index in [9.17, 15) is 0 Å². The Morgan fingerprint density at radius 1 is 1.25 bits per heavy atom. The molecule has 5 heteroatoms. The van der Waals surface area contributed by atoms with Crippen LogP contribution in [0, 0.1) is 0 Å². The van der Waals surface area contributed by atoms with Crippen molar-refractivity contribution in [2.24, 2.45) is 0 Å². The van der Waals surface area contributed by atoms with Crippen LogP contribution in [0.5, 0.6) is 11.5 Å². The number of benzene rings is 1. The maximum absolute atomic E-state index is 5.67. The van der Waals surface area contributed by atoms with Crippen LogP contribution in [-0.2, 0) is 6.54 Å². The average molecular weight is 313 g/mol. The van der Waals surface area contributed by atoms with Gasteiger partial charge in [0.1, 0.15) is 13.2 Å². The lowest BCUT2D eigenvalue weighted by Gasteiger charge is -2.21. The van der Waals surface area contributed by atoms with Gasteiger partial charge in [-0.3, -0.25) is 0 Å². The smallest absolute Gasteiger partial charge is 0.162 e. The summed E-state index contributed by atoms with van der Waals surface area (Å²) in [5, 5.41) is 3.58. The molecule has 0 amide bonds. The summed E-state index contributed by atoms with van der Waals surface area (Å²) in [4.78, 5) is 1.26. The van der Waals surface area contributed by atoms with Crippen LogP contribution < -0.4 is 14.8 Å². The highest BCUT2D eigenvalue weighted by Gasteiger charge is 2.15. The fourth-order valence-electron chi connectivity index (χ4n) is 2.08. The lowest BCUT2D eigenvalue weighted by Crippen LogP contribution is -2.28. The van der Waals surface area contributed by atoms with E-state index >= 15 is 0 Å². The van der Waals surface area contributed by atoms with Crippen molar-refractivity contribution >= 4 is 23.5 Å². The standard InChI is InChI=1S/C15H23NO2S2/c1-4-20-10-11(2)16-9-12-7-13-14(8-15(12)19-3)18-6-5-17-13/h7-8,11,16H,4-6,9-10H2,1-3H3. The number of fused-ring (bicyclic) bond motifs is 1. The fourth-order valence-corrected chi connectivity index (χ4v) is 3.40. The lowest BCUT2D eigenvalue weighted by molar-refractivity contribution is 0.171. The Hall–Kier alpha value is -0.520. The minimum Gasteiger partial charge on any atom is -0.486 e. The van der Waals surface area contributed by atoms with Crippen molar-refractivity contribution in [2.45, 2.75) is 31.3 Å². The number of hydrogen-bond donors (Lipinski definition) is 1. The average Bonchev–Trinajstić information content (AvgIpc) is 2.49. The van der Waals surface area contributed by atoms with Crippen LogP contribution in [-0.4, -0.2) is 37.0 Å². The third-order valence-electron chi connectivity index (χ3n) is 3.16. The first-order valence-corrected chi connectivity index (χ1v) is 9.40. The molecular formula is C15H23NO2S2. The van der Waals surface area contributed by atoms with Crippen LogP contribution in [0.1, 0.15) is 19.4 Å². The van der Waals surface area contributed by atoms with E-state index in [1.165, 1.54) is 16.2 Å². The summed E-state index contributed by atoms with van der Waals surface area (Å²) in [5.41, 5.74) is 1.29. The number of nitrogens with one attached hydrogen (secondary N) is 1. The van der Waals surface area contributed by atoms with E-state index in [1.807, 2.05) is 11.8 Å². The first-order valence-electron chi connectivity index (χ1n) is 7.02. The molecule has 0 saturated heterocycles. The Balaban J connectivity index is 2.02. The first-order chi connectivity index (χ1) is 9.74. The van der Waals surface area contributed by atoms with Crippen molar-refractivity contribution in [3.63, 3.8) is 0 Å². The van der Waals surface area contributed by atoms with Gasteiger partial charge in [0.15, 0.2) is 11.5 Å². The SMILES string of the molecule is CCSCC(C)NCc1cc2c(cc1SC)OCCO2. The van der Waals surface area contributed by atoms with Crippen LogP contribution >= 0.6 is 23.5 Å². The van der Waals surface area contributed by atoms with Gasteiger partial charge in [-0.1, -0.05) is 6.92 Å². The minimum atomic E-state index is 0.517. The summed E-state index contributed by atoms with van der Waals surface area (Å²) in [6.45, 7) is 6.59. The molecule has 1 aromatic carbocycles. The molecule has 20 heavy (non-hydrogen) atoms. The van der Waals surface area contributed by atoms with Crippen LogP contribution in [0.2, 0.25) is 0 Å². The van der Waals surface area contributed by atoms with Gasteiger partial charge in [-0.05, 0) is 36.6 Å². The van der Waals surface area contributed by atoms with E-state index < -0.39 is 0 Å².